The maximum Gasteiger partial charge on any atom is 0.277 e. The van der Waals surface area contributed by atoms with Gasteiger partial charge >= 0.3 is 0 Å². The minimum Gasteiger partial charge on any atom is -0.441 e. The normalized spacial score (nSPS) is 10.8. The number of para-hydroxylation sites is 2. The molecule has 2 aromatic carbocycles. The molecule has 2 aromatic heterocycles. The van der Waals surface area contributed by atoms with Gasteiger partial charge in [0.15, 0.2) is 5.69 Å². The molecule has 140 valence electrons. The number of nitrogens with one attached hydrogen (secondary N) is 1. The number of hydrogen-bond acceptors (Lipinski definition) is 4. The lowest BCUT2D eigenvalue weighted by molar-refractivity contribution is 0.102. The fourth-order valence-electron chi connectivity index (χ4n) is 3.13. The summed E-state index contributed by atoms with van der Waals surface area (Å²) in [5, 5.41) is 7.46. The third kappa shape index (κ3) is 3.32. The van der Waals surface area contributed by atoms with Crippen LogP contribution in [-0.4, -0.2) is 20.7 Å². The molecule has 0 saturated heterocycles. The second kappa shape index (κ2) is 7.15. The highest BCUT2D eigenvalue weighted by molar-refractivity contribution is 6.04. The Hall–Kier alpha value is -3.67. The Bertz CT molecular complexity index is 1140. The summed E-state index contributed by atoms with van der Waals surface area (Å²) in [6.07, 6.45) is 0. The Morgan fingerprint density at radius 1 is 1.00 bits per heavy atom. The number of anilines is 1. The highest BCUT2D eigenvalue weighted by Gasteiger charge is 2.19. The Morgan fingerprint density at radius 3 is 2.43 bits per heavy atom. The Morgan fingerprint density at radius 2 is 1.71 bits per heavy atom. The van der Waals surface area contributed by atoms with Crippen molar-refractivity contribution in [3.63, 3.8) is 0 Å². The van der Waals surface area contributed by atoms with Crippen LogP contribution in [0.5, 0.6) is 0 Å². The summed E-state index contributed by atoms with van der Waals surface area (Å²) in [5.41, 5.74) is 4.45. The molecule has 0 aliphatic rings. The van der Waals surface area contributed by atoms with Crippen LogP contribution in [0.4, 0.5) is 5.69 Å². The summed E-state index contributed by atoms with van der Waals surface area (Å²) in [7, 11) is 0. The molecule has 28 heavy (non-hydrogen) atoms. The SMILES string of the molecule is Cc1cc(C)n(-c2ccccc2NC(=O)c2nc(-c3ccccc3)oc2C)n1. The number of oxazole rings is 1. The number of carbonyl (C=O) groups excluding carboxylic acids is 1. The molecule has 0 radical (unpaired) electrons. The van der Waals surface area contributed by atoms with Crippen molar-refractivity contribution in [2.24, 2.45) is 0 Å². The molecule has 0 aliphatic heterocycles. The van der Waals surface area contributed by atoms with Gasteiger partial charge in [0.25, 0.3) is 5.91 Å². The zero-order valence-corrected chi connectivity index (χ0v) is 15.9. The second-order valence-corrected chi connectivity index (χ2v) is 6.60. The molecule has 4 aromatic rings. The third-order valence-corrected chi connectivity index (χ3v) is 4.42. The van der Waals surface area contributed by atoms with E-state index in [1.165, 1.54) is 0 Å². The molecule has 4 rings (SSSR count). The second-order valence-electron chi connectivity index (χ2n) is 6.60. The molecular weight excluding hydrogens is 352 g/mol. The molecule has 6 nitrogen and oxygen atoms in total. The predicted molar refractivity (Wildman–Crippen MR) is 108 cm³/mol. The van der Waals surface area contributed by atoms with Crippen LogP contribution in [0.2, 0.25) is 0 Å². The van der Waals surface area contributed by atoms with Crippen LogP contribution in [0.1, 0.15) is 27.6 Å². The van der Waals surface area contributed by atoms with Gasteiger partial charge in [0.1, 0.15) is 5.76 Å². The molecule has 6 heteroatoms. The van der Waals surface area contributed by atoms with E-state index in [0.717, 1.165) is 22.6 Å². The zero-order chi connectivity index (χ0) is 19.7. The van der Waals surface area contributed by atoms with Crippen LogP contribution in [0.3, 0.4) is 0 Å². The number of amides is 1. The van der Waals surface area contributed by atoms with Crippen molar-refractivity contribution in [1.82, 2.24) is 14.8 Å². The number of nitrogens with zero attached hydrogens (tertiary/aromatic N) is 3. The lowest BCUT2D eigenvalue weighted by atomic mass is 10.2. The van der Waals surface area contributed by atoms with Gasteiger partial charge in [0.2, 0.25) is 5.89 Å². The summed E-state index contributed by atoms with van der Waals surface area (Å²) in [5.74, 6) is 0.576. The predicted octanol–water partition coefficient (Wildman–Crippen LogP) is 4.70. The van der Waals surface area contributed by atoms with Crippen molar-refractivity contribution in [2.45, 2.75) is 20.8 Å². The highest BCUT2D eigenvalue weighted by atomic mass is 16.4. The Balaban J connectivity index is 1.65. The molecular formula is C22H20N4O2. The van der Waals surface area contributed by atoms with Crippen molar-refractivity contribution in [3.05, 3.63) is 83.5 Å². The molecule has 0 unspecified atom stereocenters. The van der Waals surface area contributed by atoms with Crippen LogP contribution >= 0.6 is 0 Å². The van der Waals surface area contributed by atoms with Gasteiger partial charge in [-0.15, -0.1) is 0 Å². The first kappa shape index (κ1) is 17.7. The van der Waals surface area contributed by atoms with Gasteiger partial charge in [0.05, 0.1) is 17.1 Å². The lowest BCUT2D eigenvalue weighted by Crippen LogP contribution is -2.15. The van der Waals surface area contributed by atoms with E-state index in [2.05, 4.69) is 15.4 Å². The molecule has 0 saturated carbocycles. The maximum atomic E-state index is 12.9. The first-order valence-corrected chi connectivity index (χ1v) is 9.00. The summed E-state index contributed by atoms with van der Waals surface area (Å²) < 4.78 is 7.52. The van der Waals surface area contributed by atoms with Crippen molar-refractivity contribution < 1.29 is 9.21 Å². The first-order valence-electron chi connectivity index (χ1n) is 9.00. The third-order valence-electron chi connectivity index (χ3n) is 4.42. The fourth-order valence-corrected chi connectivity index (χ4v) is 3.13. The van der Waals surface area contributed by atoms with Crippen molar-refractivity contribution >= 4 is 11.6 Å². The first-order chi connectivity index (χ1) is 13.5. The van der Waals surface area contributed by atoms with E-state index < -0.39 is 0 Å². The van der Waals surface area contributed by atoms with Crippen molar-refractivity contribution in [1.29, 1.82) is 0 Å². The molecule has 0 bridgehead atoms. The number of carbonyl (C=O) groups is 1. The molecule has 1 amide bonds. The van der Waals surface area contributed by atoms with E-state index >= 15 is 0 Å². The number of hydrogen-bond donors (Lipinski definition) is 1. The molecule has 0 fully saturated rings. The number of aromatic nitrogens is 3. The highest BCUT2D eigenvalue weighted by Crippen LogP contribution is 2.25. The quantitative estimate of drug-likeness (QED) is 0.563. The summed E-state index contributed by atoms with van der Waals surface area (Å²) in [6, 6.07) is 19.0. The summed E-state index contributed by atoms with van der Waals surface area (Å²) in [4.78, 5) is 17.3. The van der Waals surface area contributed by atoms with Crippen LogP contribution in [0.15, 0.2) is 65.1 Å². The van der Waals surface area contributed by atoms with E-state index in [1.807, 2.05) is 79.2 Å². The van der Waals surface area contributed by atoms with Gasteiger partial charge in [-0.25, -0.2) is 9.67 Å². The number of benzene rings is 2. The van der Waals surface area contributed by atoms with Crippen molar-refractivity contribution in [2.75, 3.05) is 5.32 Å². The minimum atomic E-state index is -0.322. The van der Waals surface area contributed by atoms with Crippen LogP contribution < -0.4 is 5.32 Å². The van der Waals surface area contributed by atoms with Crippen molar-refractivity contribution in [3.8, 4) is 17.1 Å². The van der Waals surface area contributed by atoms with Gasteiger partial charge in [0, 0.05) is 11.3 Å². The smallest absolute Gasteiger partial charge is 0.277 e. The Labute approximate surface area is 162 Å². The molecule has 1 N–H and O–H groups in total. The van der Waals surface area contributed by atoms with Crippen LogP contribution in [-0.2, 0) is 0 Å². The van der Waals surface area contributed by atoms with Gasteiger partial charge in [-0.2, -0.15) is 5.10 Å². The van der Waals surface area contributed by atoms with E-state index in [9.17, 15) is 4.79 Å². The maximum absolute atomic E-state index is 12.9. The zero-order valence-electron chi connectivity index (χ0n) is 15.9. The van der Waals surface area contributed by atoms with E-state index in [1.54, 1.807) is 6.92 Å². The molecule has 0 atom stereocenters. The van der Waals surface area contributed by atoms with Crippen LogP contribution in [0, 0.1) is 20.8 Å². The van der Waals surface area contributed by atoms with Gasteiger partial charge in [-0.3, -0.25) is 4.79 Å². The van der Waals surface area contributed by atoms with Gasteiger partial charge < -0.3 is 9.73 Å². The largest absolute Gasteiger partial charge is 0.441 e. The Kier molecular flexibility index (Phi) is 4.53. The average Bonchev–Trinajstić information content (AvgIpc) is 3.24. The average molecular weight is 372 g/mol. The number of aryl methyl sites for hydroxylation is 3. The van der Waals surface area contributed by atoms with E-state index in [0.29, 0.717) is 17.3 Å². The molecule has 2 heterocycles. The molecule has 0 aliphatic carbocycles. The molecule has 0 spiro atoms. The van der Waals surface area contributed by atoms with Gasteiger partial charge in [-0.1, -0.05) is 30.3 Å². The minimum absolute atomic E-state index is 0.266. The lowest BCUT2D eigenvalue weighted by Gasteiger charge is -2.11. The van der Waals surface area contributed by atoms with Crippen LogP contribution in [0.25, 0.3) is 17.1 Å². The van der Waals surface area contributed by atoms with Gasteiger partial charge in [-0.05, 0) is 51.1 Å². The van der Waals surface area contributed by atoms with E-state index in [-0.39, 0.29) is 11.6 Å². The fraction of sp³-hybridized carbons (Fsp3) is 0.136. The summed E-state index contributed by atoms with van der Waals surface area (Å²) in [6.45, 7) is 5.66. The standard InChI is InChI=1S/C22H20N4O2/c1-14-13-15(2)26(25-14)19-12-8-7-11-18(19)23-21(27)20-16(3)28-22(24-20)17-9-5-4-6-10-17/h4-13H,1-3H3,(H,23,27). The topological polar surface area (TPSA) is 73.0 Å². The van der Waals surface area contributed by atoms with E-state index in [4.69, 9.17) is 4.42 Å². The summed E-state index contributed by atoms with van der Waals surface area (Å²) >= 11 is 0. The monoisotopic (exact) mass is 372 g/mol. The number of rotatable bonds is 4.